The number of nitrogens with one attached hydrogen (secondary N) is 2. The zero-order valence-electron chi connectivity index (χ0n) is 18.1. The molecule has 1 amide bonds. The average Bonchev–Trinajstić information content (AvgIpc) is 3.08. The molecule has 0 saturated carbocycles. The van der Waals surface area contributed by atoms with Gasteiger partial charge in [0.2, 0.25) is 5.88 Å². The Labute approximate surface area is 180 Å². The molecule has 0 unspecified atom stereocenters. The first-order chi connectivity index (χ1) is 14.8. The Kier molecular flexibility index (Phi) is 6.59. The van der Waals surface area contributed by atoms with Gasteiger partial charge in [-0.1, -0.05) is 13.8 Å². The summed E-state index contributed by atoms with van der Waals surface area (Å²) in [5.74, 6) is -0.866. The molecule has 9 nitrogen and oxygen atoms in total. The number of amides is 1. The Bertz CT molecular complexity index is 1100. The van der Waals surface area contributed by atoms with E-state index in [1.54, 1.807) is 10.7 Å². The lowest BCUT2D eigenvalue weighted by atomic mass is 10.0. The first-order valence-electron chi connectivity index (χ1n) is 10.1. The lowest BCUT2D eigenvalue weighted by Crippen LogP contribution is -2.39. The number of benzene rings is 1. The number of nitrogens with two attached hydrogens (primary N) is 2. The van der Waals surface area contributed by atoms with Crippen molar-refractivity contribution in [3.8, 4) is 5.88 Å². The summed E-state index contributed by atoms with van der Waals surface area (Å²) in [5, 5.41) is 11.2. The molecule has 0 aliphatic carbocycles. The van der Waals surface area contributed by atoms with Crippen molar-refractivity contribution >= 4 is 34.1 Å². The van der Waals surface area contributed by atoms with Crippen molar-refractivity contribution in [2.45, 2.75) is 38.8 Å². The van der Waals surface area contributed by atoms with E-state index in [0.29, 0.717) is 18.0 Å². The van der Waals surface area contributed by atoms with Gasteiger partial charge in [0.05, 0.1) is 23.6 Å². The summed E-state index contributed by atoms with van der Waals surface area (Å²) in [4.78, 5) is 16.2. The predicted octanol–water partition coefficient (Wildman–Crippen LogP) is 2.89. The molecule has 10 heteroatoms. The minimum absolute atomic E-state index is 0.00304. The number of rotatable bonds is 9. The number of carbonyl (C=O) groups is 1. The molecule has 0 radical (unpaired) electrons. The number of aromatic nitrogens is 3. The van der Waals surface area contributed by atoms with Crippen LogP contribution in [0.3, 0.4) is 0 Å². The molecule has 0 aliphatic rings. The van der Waals surface area contributed by atoms with Crippen molar-refractivity contribution in [1.82, 2.24) is 14.8 Å². The number of ether oxygens (including phenoxy) is 1. The van der Waals surface area contributed by atoms with E-state index >= 15 is 0 Å². The van der Waals surface area contributed by atoms with Crippen LogP contribution in [0.1, 0.15) is 37.0 Å². The number of methoxy groups -OCH3 is 1. The molecule has 0 bridgehead atoms. The smallest absolute Gasteiger partial charge is 0.252 e. The highest BCUT2D eigenvalue weighted by molar-refractivity contribution is 5.99. The minimum Gasteiger partial charge on any atom is -0.479 e. The van der Waals surface area contributed by atoms with Crippen LogP contribution >= 0.6 is 0 Å². The summed E-state index contributed by atoms with van der Waals surface area (Å²) >= 11 is 0. The minimum atomic E-state index is -0.794. The third-order valence-electron chi connectivity index (χ3n) is 5.26. The molecule has 0 spiro atoms. The zero-order chi connectivity index (χ0) is 22.7. The van der Waals surface area contributed by atoms with Crippen molar-refractivity contribution in [1.29, 1.82) is 0 Å². The van der Waals surface area contributed by atoms with Crippen LogP contribution in [0.15, 0.2) is 24.3 Å². The average molecular weight is 430 g/mol. The second kappa shape index (κ2) is 9.17. The molecule has 0 fully saturated rings. The van der Waals surface area contributed by atoms with Gasteiger partial charge in [-0.2, -0.15) is 0 Å². The van der Waals surface area contributed by atoms with Crippen LogP contribution in [0.2, 0.25) is 0 Å². The maximum atomic E-state index is 14.7. The van der Waals surface area contributed by atoms with E-state index in [4.69, 9.17) is 16.2 Å². The van der Waals surface area contributed by atoms with Crippen LogP contribution < -0.4 is 26.8 Å². The number of aryl methyl sites for hydroxylation is 1. The molecule has 166 valence electrons. The summed E-state index contributed by atoms with van der Waals surface area (Å²) < 4.78 is 21.7. The van der Waals surface area contributed by atoms with Crippen molar-refractivity contribution < 1.29 is 13.9 Å². The maximum absolute atomic E-state index is 14.7. The van der Waals surface area contributed by atoms with Crippen LogP contribution in [0.5, 0.6) is 5.88 Å². The van der Waals surface area contributed by atoms with E-state index < -0.39 is 11.7 Å². The fourth-order valence-electron chi connectivity index (χ4n) is 3.44. The number of primary amides is 1. The maximum Gasteiger partial charge on any atom is 0.252 e. The third kappa shape index (κ3) is 4.53. The Hall–Kier alpha value is -3.40. The Morgan fingerprint density at radius 3 is 2.61 bits per heavy atom. The largest absolute Gasteiger partial charge is 0.479 e. The number of hydrogen-bond donors (Lipinski definition) is 4. The van der Waals surface area contributed by atoms with Gasteiger partial charge in [0.25, 0.3) is 5.91 Å². The van der Waals surface area contributed by atoms with Crippen molar-refractivity contribution in [2.75, 3.05) is 17.7 Å². The normalized spacial score (nSPS) is 13.1. The standard InChI is InChI=1S/C21H28FN7O2/c1-5-15(23)16(6-2)26-20-14(22)10-13(18(24)30)19(27-20)25-11-7-8-17-12(9-11)21(31-4)28-29(17)3/h7-10,15-16H,5-6,23H2,1-4H3,(H2,24,30)(H2,25,26,27)/t15-,16+/m0/s1. The van der Waals surface area contributed by atoms with Gasteiger partial charge in [-0.3, -0.25) is 9.48 Å². The first-order valence-corrected chi connectivity index (χ1v) is 10.1. The summed E-state index contributed by atoms with van der Waals surface area (Å²) in [5.41, 5.74) is 13.0. The zero-order valence-corrected chi connectivity index (χ0v) is 18.1. The number of pyridine rings is 1. The molecule has 0 saturated heterocycles. The van der Waals surface area contributed by atoms with Crippen molar-refractivity contribution in [3.63, 3.8) is 0 Å². The highest BCUT2D eigenvalue weighted by Crippen LogP contribution is 2.30. The molecule has 1 aromatic carbocycles. The van der Waals surface area contributed by atoms with E-state index in [9.17, 15) is 9.18 Å². The van der Waals surface area contributed by atoms with Crippen LogP contribution in [-0.4, -0.2) is 39.9 Å². The van der Waals surface area contributed by atoms with Crippen LogP contribution in [0.4, 0.5) is 21.7 Å². The van der Waals surface area contributed by atoms with E-state index in [2.05, 4.69) is 20.7 Å². The van der Waals surface area contributed by atoms with Crippen LogP contribution in [-0.2, 0) is 7.05 Å². The summed E-state index contributed by atoms with van der Waals surface area (Å²) in [6.07, 6.45) is 1.42. The van der Waals surface area contributed by atoms with Crippen LogP contribution in [0, 0.1) is 5.82 Å². The quantitative estimate of drug-likeness (QED) is 0.411. The van der Waals surface area contributed by atoms with Crippen molar-refractivity contribution in [3.05, 3.63) is 35.6 Å². The monoisotopic (exact) mass is 429 g/mol. The molecule has 6 N–H and O–H groups in total. The van der Waals surface area contributed by atoms with Gasteiger partial charge in [0, 0.05) is 24.8 Å². The first kappa shape index (κ1) is 22.3. The third-order valence-corrected chi connectivity index (χ3v) is 5.26. The number of carbonyl (C=O) groups excluding carboxylic acids is 1. The van der Waals surface area contributed by atoms with Gasteiger partial charge in [-0.05, 0) is 37.1 Å². The number of anilines is 3. The lowest BCUT2D eigenvalue weighted by Gasteiger charge is -2.24. The van der Waals surface area contributed by atoms with Gasteiger partial charge in [0.15, 0.2) is 11.6 Å². The predicted molar refractivity (Wildman–Crippen MR) is 119 cm³/mol. The highest BCUT2D eigenvalue weighted by Gasteiger charge is 2.21. The Balaban J connectivity index is 2.01. The van der Waals surface area contributed by atoms with Gasteiger partial charge >= 0.3 is 0 Å². The van der Waals surface area contributed by atoms with E-state index in [-0.39, 0.29) is 29.3 Å². The molecular weight excluding hydrogens is 401 g/mol. The molecule has 2 heterocycles. The summed E-state index contributed by atoms with van der Waals surface area (Å²) in [6.45, 7) is 3.92. The van der Waals surface area contributed by atoms with Gasteiger partial charge in [-0.15, -0.1) is 5.10 Å². The van der Waals surface area contributed by atoms with E-state index in [1.807, 2.05) is 33.0 Å². The fourth-order valence-corrected chi connectivity index (χ4v) is 3.44. The molecule has 2 atom stereocenters. The number of fused-ring (bicyclic) bond motifs is 1. The van der Waals surface area contributed by atoms with Gasteiger partial charge in [0.1, 0.15) is 5.82 Å². The van der Waals surface area contributed by atoms with Crippen LogP contribution in [0.25, 0.3) is 10.9 Å². The van der Waals surface area contributed by atoms with Gasteiger partial charge in [-0.25, -0.2) is 9.37 Å². The molecule has 3 aromatic rings. The Morgan fingerprint density at radius 2 is 2.00 bits per heavy atom. The molecule has 31 heavy (non-hydrogen) atoms. The molecular formula is C21H28FN7O2. The van der Waals surface area contributed by atoms with E-state index in [0.717, 1.165) is 23.4 Å². The molecule has 2 aromatic heterocycles. The number of halogens is 1. The second-order valence-electron chi connectivity index (χ2n) is 7.30. The molecule has 3 rings (SSSR count). The molecule has 0 aliphatic heterocycles. The highest BCUT2D eigenvalue weighted by atomic mass is 19.1. The lowest BCUT2D eigenvalue weighted by molar-refractivity contribution is 0.100. The fraction of sp³-hybridized carbons (Fsp3) is 0.381. The SMILES string of the molecule is CC[C@H](N)[C@@H](CC)Nc1nc(Nc2ccc3c(c2)c(OC)nn3C)c(C(N)=O)cc1F. The van der Waals surface area contributed by atoms with Gasteiger partial charge < -0.3 is 26.8 Å². The second-order valence-corrected chi connectivity index (χ2v) is 7.30. The van der Waals surface area contributed by atoms with E-state index in [1.165, 1.54) is 7.11 Å². The summed E-state index contributed by atoms with van der Waals surface area (Å²) in [7, 11) is 3.35. The topological polar surface area (TPSA) is 133 Å². The number of nitrogens with zero attached hydrogens (tertiary/aromatic N) is 3. The number of hydrogen-bond acceptors (Lipinski definition) is 7. The Morgan fingerprint density at radius 1 is 1.26 bits per heavy atom. The van der Waals surface area contributed by atoms with Crippen molar-refractivity contribution in [2.24, 2.45) is 18.5 Å². The summed E-state index contributed by atoms with van der Waals surface area (Å²) in [6, 6.07) is 6.20.